The van der Waals surface area contributed by atoms with Crippen LogP contribution >= 0.6 is 0 Å². The summed E-state index contributed by atoms with van der Waals surface area (Å²) in [6.45, 7) is 0.957. The Morgan fingerprint density at radius 3 is 2.78 bits per heavy atom. The molecule has 8 heteroatoms. The largest absolute Gasteiger partial charge is 0.422 e. The van der Waals surface area contributed by atoms with Crippen molar-refractivity contribution >= 4 is 23.0 Å². The second-order valence-corrected chi connectivity index (χ2v) is 4.87. The highest BCUT2D eigenvalue weighted by Gasteiger charge is 2.06. The third kappa shape index (κ3) is 5.03. The van der Waals surface area contributed by atoms with Crippen LogP contribution in [0.2, 0.25) is 0 Å². The summed E-state index contributed by atoms with van der Waals surface area (Å²) in [4.78, 5) is 27.3. The predicted octanol–water partition coefficient (Wildman–Crippen LogP) is 0.256. The Bertz CT molecular complexity index is 765. The number of nitrogens with two attached hydrogens (primary N) is 2. The fourth-order valence-electron chi connectivity index (χ4n) is 1.96. The Hall–Kier alpha value is -3.03. The van der Waals surface area contributed by atoms with Crippen LogP contribution in [0.4, 0.5) is 4.79 Å². The number of para-hydroxylation sites is 1. The molecule has 1 heterocycles. The smallest absolute Gasteiger partial charge is 0.341 e. The first-order valence-electron chi connectivity index (χ1n) is 7.15. The second kappa shape index (κ2) is 7.83. The van der Waals surface area contributed by atoms with Gasteiger partial charge in [-0.1, -0.05) is 18.2 Å². The van der Waals surface area contributed by atoms with E-state index in [-0.39, 0.29) is 18.5 Å². The van der Waals surface area contributed by atoms with Crippen LogP contribution in [0.1, 0.15) is 12.0 Å². The summed E-state index contributed by atoms with van der Waals surface area (Å²) in [5.41, 5.74) is 10.8. The van der Waals surface area contributed by atoms with Crippen molar-refractivity contribution in [2.45, 2.75) is 13.0 Å². The fraction of sp³-hybridized carbons (Fsp3) is 0.267. The standard InChI is InChI=1S/C15H19N5O3/c16-14(17)18-6-3-7-19-15(22)20-9-11-8-10-4-1-2-5-12(10)23-13(11)21/h1-2,4-5,8H,3,6-7,9H2,(H4,16,17,18)(H2,19,20,22). The Balaban J connectivity index is 1.83. The van der Waals surface area contributed by atoms with Gasteiger partial charge in [0, 0.05) is 18.5 Å². The number of nitrogens with zero attached hydrogens (tertiary/aromatic N) is 1. The van der Waals surface area contributed by atoms with Crippen LogP contribution in [-0.4, -0.2) is 25.1 Å². The number of urea groups is 1. The van der Waals surface area contributed by atoms with Crippen LogP contribution < -0.4 is 27.7 Å². The van der Waals surface area contributed by atoms with Crippen LogP contribution in [0.15, 0.2) is 44.5 Å². The molecule has 0 radical (unpaired) electrons. The van der Waals surface area contributed by atoms with Crippen LogP contribution in [0.5, 0.6) is 0 Å². The maximum absolute atomic E-state index is 11.8. The Labute approximate surface area is 132 Å². The molecule has 0 saturated carbocycles. The molecule has 0 saturated heterocycles. The molecule has 0 atom stereocenters. The zero-order valence-electron chi connectivity index (χ0n) is 12.5. The minimum Gasteiger partial charge on any atom is -0.422 e. The van der Waals surface area contributed by atoms with Gasteiger partial charge >= 0.3 is 11.7 Å². The molecule has 1 aromatic heterocycles. The number of rotatable bonds is 6. The predicted molar refractivity (Wildman–Crippen MR) is 88.0 cm³/mol. The summed E-state index contributed by atoms with van der Waals surface area (Å²) in [5, 5.41) is 6.07. The number of hydrogen-bond donors (Lipinski definition) is 4. The number of fused-ring (bicyclic) bond motifs is 1. The lowest BCUT2D eigenvalue weighted by atomic mass is 10.2. The monoisotopic (exact) mass is 317 g/mol. The van der Waals surface area contributed by atoms with E-state index < -0.39 is 5.63 Å². The van der Waals surface area contributed by atoms with Crippen LogP contribution in [-0.2, 0) is 6.54 Å². The molecule has 0 fully saturated rings. The molecule has 0 aliphatic rings. The maximum Gasteiger partial charge on any atom is 0.341 e. The van der Waals surface area contributed by atoms with Crippen LogP contribution in [0.25, 0.3) is 11.0 Å². The van der Waals surface area contributed by atoms with Crippen molar-refractivity contribution in [3.8, 4) is 0 Å². The van der Waals surface area contributed by atoms with Crippen molar-refractivity contribution in [2.24, 2.45) is 16.5 Å². The van der Waals surface area contributed by atoms with E-state index in [0.29, 0.717) is 30.7 Å². The van der Waals surface area contributed by atoms with E-state index >= 15 is 0 Å². The Morgan fingerprint density at radius 2 is 2.00 bits per heavy atom. The third-order valence-corrected chi connectivity index (χ3v) is 3.07. The number of amides is 2. The minimum atomic E-state index is -0.461. The Morgan fingerprint density at radius 1 is 1.22 bits per heavy atom. The van der Waals surface area contributed by atoms with Gasteiger partial charge in [-0.3, -0.25) is 4.99 Å². The summed E-state index contributed by atoms with van der Waals surface area (Å²) in [6, 6.07) is 8.53. The molecule has 2 amide bonds. The number of hydrogen-bond acceptors (Lipinski definition) is 4. The van der Waals surface area contributed by atoms with E-state index in [9.17, 15) is 9.59 Å². The van der Waals surface area contributed by atoms with Gasteiger partial charge in [0.25, 0.3) is 0 Å². The molecular weight excluding hydrogens is 298 g/mol. The zero-order valence-corrected chi connectivity index (χ0v) is 12.5. The number of carbonyl (C=O) groups is 1. The van der Waals surface area contributed by atoms with E-state index in [2.05, 4.69) is 15.6 Å². The van der Waals surface area contributed by atoms with Gasteiger partial charge in [0.05, 0.1) is 12.1 Å². The van der Waals surface area contributed by atoms with Crippen LogP contribution in [0.3, 0.4) is 0 Å². The van der Waals surface area contributed by atoms with E-state index in [1.165, 1.54) is 0 Å². The summed E-state index contributed by atoms with van der Waals surface area (Å²) in [7, 11) is 0. The van der Waals surface area contributed by atoms with Gasteiger partial charge in [0.15, 0.2) is 5.96 Å². The molecule has 8 nitrogen and oxygen atoms in total. The van der Waals surface area contributed by atoms with E-state index in [0.717, 1.165) is 5.39 Å². The molecule has 1 aromatic carbocycles. The average molecular weight is 317 g/mol. The number of benzene rings is 1. The fourth-order valence-corrected chi connectivity index (χ4v) is 1.96. The Kier molecular flexibility index (Phi) is 5.56. The van der Waals surface area contributed by atoms with Gasteiger partial charge in [-0.25, -0.2) is 9.59 Å². The highest BCUT2D eigenvalue weighted by molar-refractivity contribution is 5.77. The van der Waals surface area contributed by atoms with Crippen molar-refractivity contribution in [1.82, 2.24) is 10.6 Å². The quantitative estimate of drug-likeness (QED) is 0.262. The second-order valence-electron chi connectivity index (χ2n) is 4.87. The molecule has 0 spiro atoms. The lowest BCUT2D eigenvalue weighted by molar-refractivity contribution is 0.240. The molecule has 0 unspecified atom stereocenters. The summed E-state index contributed by atoms with van der Waals surface area (Å²) in [5.74, 6) is 0.0254. The van der Waals surface area contributed by atoms with Gasteiger partial charge in [-0.2, -0.15) is 0 Å². The van der Waals surface area contributed by atoms with Gasteiger partial charge in [0.2, 0.25) is 0 Å². The molecular formula is C15H19N5O3. The van der Waals surface area contributed by atoms with Crippen molar-refractivity contribution < 1.29 is 9.21 Å². The first-order chi connectivity index (χ1) is 11.1. The molecule has 0 aliphatic heterocycles. The van der Waals surface area contributed by atoms with E-state index in [4.69, 9.17) is 15.9 Å². The van der Waals surface area contributed by atoms with Crippen molar-refractivity contribution in [3.63, 3.8) is 0 Å². The highest BCUT2D eigenvalue weighted by atomic mass is 16.4. The third-order valence-electron chi connectivity index (χ3n) is 3.07. The number of guanidine groups is 1. The minimum absolute atomic E-state index is 0.0254. The lowest BCUT2D eigenvalue weighted by Gasteiger charge is -2.07. The van der Waals surface area contributed by atoms with E-state index in [1.807, 2.05) is 12.1 Å². The number of nitrogens with one attached hydrogen (secondary N) is 2. The molecule has 6 N–H and O–H groups in total. The van der Waals surface area contributed by atoms with Crippen molar-refractivity contribution in [1.29, 1.82) is 0 Å². The van der Waals surface area contributed by atoms with Crippen molar-refractivity contribution in [2.75, 3.05) is 13.1 Å². The normalized spacial score (nSPS) is 10.3. The topological polar surface area (TPSA) is 136 Å². The highest BCUT2D eigenvalue weighted by Crippen LogP contribution is 2.12. The first kappa shape index (κ1) is 16.3. The summed E-state index contributed by atoms with van der Waals surface area (Å²) in [6.07, 6.45) is 0.615. The van der Waals surface area contributed by atoms with Gasteiger partial charge in [-0.15, -0.1) is 0 Å². The van der Waals surface area contributed by atoms with Crippen LogP contribution in [0, 0.1) is 0 Å². The first-order valence-corrected chi connectivity index (χ1v) is 7.15. The number of aliphatic imine (C=N–C) groups is 1. The maximum atomic E-state index is 11.8. The van der Waals surface area contributed by atoms with Gasteiger partial charge in [0.1, 0.15) is 5.58 Å². The summed E-state index contributed by atoms with van der Waals surface area (Å²) < 4.78 is 5.19. The average Bonchev–Trinajstić information content (AvgIpc) is 2.52. The molecule has 2 aromatic rings. The van der Waals surface area contributed by atoms with Crippen molar-refractivity contribution in [3.05, 3.63) is 46.3 Å². The van der Waals surface area contributed by atoms with E-state index in [1.54, 1.807) is 18.2 Å². The number of carbonyl (C=O) groups excluding carboxylic acids is 1. The molecule has 0 bridgehead atoms. The molecule has 0 aliphatic carbocycles. The zero-order chi connectivity index (χ0) is 16.7. The molecule has 2 rings (SSSR count). The molecule has 23 heavy (non-hydrogen) atoms. The molecule has 122 valence electrons. The lowest BCUT2D eigenvalue weighted by Crippen LogP contribution is -2.36. The van der Waals surface area contributed by atoms with Gasteiger partial charge < -0.3 is 26.5 Å². The van der Waals surface area contributed by atoms with Gasteiger partial charge in [-0.05, 0) is 18.6 Å². The summed E-state index contributed by atoms with van der Waals surface area (Å²) >= 11 is 0. The SMILES string of the molecule is NC(N)=NCCCNC(=O)NCc1cc2ccccc2oc1=O.